The molecule has 0 saturated heterocycles. The summed E-state index contributed by atoms with van der Waals surface area (Å²) >= 11 is 0. The van der Waals surface area contributed by atoms with Gasteiger partial charge in [-0.2, -0.15) is 4.57 Å². The van der Waals surface area contributed by atoms with Gasteiger partial charge in [0.05, 0.1) is 6.33 Å². The van der Waals surface area contributed by atoms with Gasteiger partial charge in [0.2, 0.25) is 5.91 Å². The minimum atomic E-state index is -0.735. The molecule has 0 bridgehead atoms. The van der Waals surface area contributed by atoms with Gasteiger partial charge < -0.3 is 4.98 Å². The molecule has 0 atom stereocenters. The Hall–Kier alpha value is -2.18. The summed E-state index contributed by atoms with van der Waals surface area (Å²) < 4.78 is 0.635. The number of hydrogen-bond donors (Lipinski definition) is 2. The number of carbonyl (C=O) groups is 1. The van der Waals surface area contributed by atoms with E-state index in [0.29, 0.717) is 11.0 Å². The van der Waals surface area contributed by atoms with Gasteiger partial charge in [0.1, 0.15) is 5.52 Å². The van der Waals surface area contributed by atoms with Crippen molar-refractivity contribution in [3.05, 3.63) is 27.2 Å². The van der Waals surface area contributed by atoms with Crippen molar-refractivity contribution in [2.24, 2.45) is 0 Å². The van der Waals surface area contributed by atoms with Gasteiger partial charge in [-0.15, -0.1) is 0 Å². The van der Waals surface area contributed by atoms with Crippen LogP contribution in [-0.4, -0.2) is 25.4 Å². The van der Waals surface area contributed by atoms with Crippen LogP contribution in [0.5, 0.6) is 0 Å². The summed E-state index contributed by atoms with van der Waals surface area (Å²) in [7, 11) is 0. The summed E-state index contributed by atoms with van der Waals surface area (Å²) in [6.07, 6.45) is 4.02. The highest BCUT2D eigenvalue weighted by Crippen LogP contribution is 2.01. The van der Waals surface area contributed by atoms with Gasteiger partial charge in [-0.1, -0.05) is 19.8 Å². The van der Waals surface area contributed by atoms with Gasteiger partial charge in [0.25, 0.3) is 5.56 Å². The van der Waals surface area contributed by atoms with Crippen LogP contribution in [0.1, 0.15) is 37.4 Å². The quantitative estimate of drug-likeness (QED) is 0.777. The first-order valence-electron chi connectivity index (χ1n) is 5.86. The number of aromatic nitrogens is 4. The Morgan fingerprint density at radius 3 is 2.89 bits per heavy atom. The van der Waals surface area contributed by atoms with Crippen molar-refractivity contribution >= 4 is 17.1 Å². The number of nitrogens with one attached hydrogen (secondary N) is 2. The predicted octanol–water partition coefficient (Wildman–Crippen LogP) is 0.633. The molecule has 0 aliphatic rings. The van der Waals surface area contributed by atoms with E-state index in [-0.39, 0.29) is 17.6 Å². The number of nitrogens with zero attached hydrogens (tertiary/aromatic N) is 2. The minimum absolute atomic E-state index is 0.137. The molecular weight excluding hydrogens is 236 g/mol. The van der Waals surface area contributed by atoms with E-state index < -0.39 is 17.2 Å². The Kier molecular flexibility index (Phi) is 3.40. The van der Waals surface area contributed by atoms with E-state index in [9.17, 15) is 14.4 Å². The Labute approximate surface area is 102 Å². The maximum Gasteiger partial charge on any atom is 0.337 e. The molecule has 0 amide bonds. The summed E-state index contributed by atoms with van der Waals surface area (Å²) in [5.74, 6) is -0.480. The highest BCUT2D eigenvalue weighted by Gasteiger charge is 2.14. The van der Waals surface area contributed by atoms with Crippen LogP contribution in [0.3, 0.4) is 0 Å². The number of aromatic amines is 2. The van der Waals surface area contributed by atoms with Crippen LogP contribution < -0.4 is 11.2 Å². The minimum Gasteiger partial charge on any atom is -0.339 e. The van der Waals surface area contributed by atoms with E-state index in [4.69, 9.17) is 0 Å². The fourth-order valence-electron chi connectivity index (χ4n) is 1.78. The van der Waals surface area contributed by atoms with E-state index in [0.717, 1.165) is 12.8 Å². The number of H-pyrrole nitrogens is 2. The van der Waals surface area contributed by atoms with Crippen molar-refractivity contribution in [2.75, 3.05) is 0 Å². The summed E-state index contributed by atoms with van der Waals surface area (Å²) in [4.78, 5) is 44.2. The van der Waals surface area contributed by atoms with Gasteiger partial charge >= 0.3 is 5.69 Å². The van der Waals surface area contributed by atoms with Gasteiger partial charge in [-0.05, 0) is 6.42 Å². The van der Waals surface area contributed by atoms with E-state index in [1.165, 1.54) is 6.33 Å². The van der Waals surface area contributed by atoms with Gasteiger partial charge in [0, 0.05) is 6.42 Å². The van der Waals surface area contributed by atoms with Crippen LogP contribution in [0.25, 0.3) is 11.2 Å². The molecule has 0 unspecified atom stereocenters. The largest absolute Gasteiger partial charge is 0.339 e. The van der Waals surface area contributed by atoms with Crippen molar-refractivity contribution < 1.29 is 4.79 Å². The zero-order chi connectivity index (χ0) is 13.1. The highest BCUT2D eigenvalue weighted by molar-refractivity contribution is 5.81. The Bertz CT molecular complexity index is 679. The second kappa shape index (κ2) is 4.99. The molecule has 96 valence electrons. The number of fused-ring (bicyclic) bond motifs is 1. The van der Waals surface area contributed by atoms with Crippen molar-refractivity contribution in [1.29, 1.82) is 0 Å². The number of unbranched alkanes of at least 4 members (excludes halogenated alkanes) is 2. The zero-order valence-electron chi connectivity index (χ0n) is 10.0. The lowest BCUT2D eigenvalue weighted by molar-refractivity contribution is 0.0890. The lowest BCUT2D eigenvalue weighted by Crippen LogP contribution is -2.39. The summed E-state index contributed by atoms with van der Waals surface area (Å²) in [5.41, 5.74) is -1.07. The molecule has 0 spiro atoms. The Balaban J connectivity index is 2.41. The molecule has 2 heterocycles. The van der Waals surface area contributed by atoms with E-state index in [1.807, 2.05) is 6.92 Å². The van der Waals surface area contributed by atoms with E-state index >= 15 is 0 Å². The smallest absolute Gasteiger partial charge is 0.337 e. The number of imidazole rings is 1. The van der Waals surface area contributed by atoms with Crippen LogP contribution in [0.2, 0.25) is 0 Å². The number of rotatable bonds is 4. The lowest BCUT2D eigenvalue weighted by Gasteiger charge is -2.02. The first-order chi connectivity index (χ1) is 8.65. The fraction of sp³-hybridized carbons (Fsp3) is 0.455. The molecular formula is C11H14N4O3. The fourth-order valence-corrected chi connectivity index (χ4v) is 1.78. The van der Waals surface area contributed by atoms with Crippen molar-refractivity contribution in [3.8, 4) is 0 Å². The molecule has 0 saturated carbocycles. The second-order valence-electron chi connectivity index (χ2n) is 4.05. The monoisotopic (exact) mass is 250 g/mol. The summed E-state index contributed by atoms with van der Waals surface area (Å²) in [6, 6.07) is 0. The summed E-state index contributed by atoms with van der Waals surface area (Å²) in [6.45, 7) is 2.01. The van der Waals surface area contributed by atoms with Crippen molar-refractivity contribution in [1.82, 2.24) is 19.5 Å². The molecule has 18 heavy (non-hydrogen) atoms. The number of carbonyl (C=O) groups excluding carboxylic acids is 1. The molecule has 2 aromatic heterocycles. The second-order valence-corrected chi connectivity index (χ2v) is 4.05. The van der Waals surface area contributed by atoms with Crippen molar-refractivity contribution in [3.63, 3.8) is 0 Å². The molecule has 0 fully saturated rings. The van der Waals surface area contributed by atoms with Crippen LogP contribution in [0.4, 0.5) is 0 Å². The zero-order valence-corrected chi connectivity index (χ0v) is 10.0. The third kappa shape index (κ3) is 2.11. The van der Waals surface area contributed by atoms with E-state index in [1.54, 1.807) is 0 Å². The molecule has 2 rings (SSSR count). The standard InChI is InChI=1S/C11H14N4O3/c1-2-3-4-5-7(16)15-10(17)8-9(13-6-12-8)14-11(15)18/h6H,2-5H2,1H3,(H,12,13)(H,14,18). The number of hydrogen-bond acceptors (Lipinski definition) is 4. The van der Waals surface area contributed by atoms with Crippen molar-refractivity contribution in [2.45, 2.75) is 32.6 Å². The summed E-state index contributed by atoms with van der Waals surface area (Å²) in [5, 5.41) is 0. The first kappa shape index (κ1) is 12.3. The molecule has 2 aromatic rings. The molecule has 0 aromatic carbocycles. The molecule has 0 radical (unpaired) electrons. The molecule has 0 aliphatic heterocycles. The Morgan fingerprint density at radius 2 is 2.17 bits per heavy atom. The third-order valence-electron chi connectivity index (χ3n) is 2.73. The van der Waals surface area contributed by atoms with Gasteiger partial charge in [-0.3, -0.25) is 14.6 Å². The van der Waals surface area contributed by atoms with E-state index in [2.05, 4.69) is 15.0 Å². The average Bonchev–Trinajstić information content (AvgIpc) is 2.77. The SMILES string of the molecule is CCCCCC(=O)n1c(=O)[nH]c2nc[nH]c2c1=O. The molecule has 2 N–H and O–H groups in total. The predicted molar refractivity (Wildman–Crippen MR) is 65.7 cm³/mol. The van der Waals surface area contributed by atoms with Crippen LogP contribution >= 0.6 is 0 Å². The maximum absolute atomic E-state index is 11.9. The topological polar surface area (TPSA) is 101 Å². The van der Waals surface area contributed by atoms with Crippen LogP contribution in [-0.2, 0) is 0 Å². The molecule has 0 aliphatic carbocycles. The Morgan fingerprint density at radius 1 is 1.39 bits per heavy atom. The van der Waals surface area contributed by atoms with Gasteiger partial charge in [0.15, 0.2) is 5.65 Å². The lowest BCUT2D eigenvalue weighted by atomic mass is 10.2. The van der Waals surface area contributed by atoms with Crippen LogP contribution in [0, 0.1) is 0 Å². The maximum atomic E-state index is 11.9. The normalized spacial score (nSPS) is 10.9. The third-order valence-corrected chi connectivity index (χ3v) is 2.73. The van der Waals surface area contributed by atoms with Crippen LogP contribution in [0.15, 0.2) is 15.9 Å². The first-order valence-corrected chi connectivity index (χ1v) is 5.86. The molecule has 7 heteroatoms. The molecule has 7 nitrogen and oxygen atoms in total. The average molecular weight is 250 g/mol. The van der Waals surface area contributed by atoms with Gasteiger partial charge in [-0.25, -0.2) is 9.78 Å². The highest BCUT2D eigenvalue weighted by atomic mass is 16.2.